The number of nitrogens with one attached hydrogen (secondary N) is 2. The number of carbonyl (C=O) groups is 2. The van der Waals surface area contributed by atoms with Gasteiger partial charge in [-0.15, -0.1) is 11.6 Å². The standard InChI is InChI=1S/C10H13ClN4O2/c11-3-9(16)14-8-4-12-15(5-8)6-10(17)13-7-1-2-7/h4-5,7H,1-3,6H2,(H,13,17)(H,14,16). The van der Waals surface area contributed by atoms with Crippen LogP contribution in [0.15, 0.2) is 12.4 Å². The van der Waals surface area contributed by atoms with E-state index >= 15 is 0 Å². The van der Waals surface area contributed by atoms with E-state index in [-0.39, 0.29) is 24.2 Å². The Morgan fingerprint density at radius 3 is 2.88 bits per heavy atom. The van der Waals surface area contributed by atoms with Gasteiger partial charge in [-0.2, -0.15) is 5.10 Å². The second-order valence-corrected chi connectivity index (χ2v) is 4.22. The molecule has 0 aromatic carbocycles. The number of alkyl halides is 1. The van der Waals surface area contributed by atoms with Gasteiger partial charge in [-0.1, -0.05) is 0 Å². The summed E-state index contributed by atoms with van der Waals surface area (Å²) in [4.78, 5) is 22.5. The van der Waals surface area contributed by atoms with Crippen LogP contribution in [0.25, 0.3) is 0 Å². The molecule has 1 saturated carbocycles. The van der Waals surface area contributed by atoms with E-state index in [1.54, 1.807) is 6.20 Å². The average Bonchev–Trinajstić information content (AvgIpc) is 2.99. The van der Waals surface area contributed by atoms with E-state index in [9.17, 15) is 9.59 Å². The molecule has 2 N–H and O–H groups in total. The third-order valence-corrected chi connectivity index (χ3v) is 2.53. The first-order valence-corrected chi connectivity index (χ1v) is 5.88. The average molecular weight is 257 g/mol. The Kier molecular flexibility index (Phi) is 3.63. The number of nitrogens with zero attached hydrogens (tertiary/aromatic N) is 2. The second kappa shape index (κ2) is 5.18. The highest BCUT2D eigenvalue weighted by molar-refractivity contribution is 6.29. The zero-order valence-electron chi connectivity index (χ0n) is 9.15. The molecule has 0 atom stereocenters. The topological polar surface area (TPSA) is 76.0 Å². The maximum absolute atomic E-state index is 11.5. The molecule has 0 aliphatic heterocycles. The van der Waals surface area contributed by atoms with Gasteiger partial charge in [0.1, 0.15) is 12.4 Å². The van der Waals surface area contributed by atoms with Crippen LogP contribution in [-0.4, -0.2) is 33.5 Å². The molecule has 7 heteroatoms. The molecule has 2 rings (SSSR count). The van der Waals surface area contributed by atoms with Crippen molar-refractivity contribution in [1.82, 2.24) is 15.1 Å². The summed E-state index contributed by atoms with van der Waals surface area (Å²) in [6, 6.07) is 0.341. The van der Waals surface area contributed by atoms with Crippen LogP contribution < -0.4 is 10.6 Å². The highest BCUT2D eigenvalue weighted by Crippen LogP contribution is 2.18. The predicted octanol–water partition coefficient (Wildman–Crippen LogP) is 0.339. The molecular weight excluding hydrogens is 244 g/mol. The molecule has 0 radical (unpaired) electrons. The zero-order chi connectivity index (χ0) is 12.3. The monoisotopic (exact) mass is 256 g/mol. The molecule has 0 saturated heterocycles. The van der Waals surface area contributed by atoms with Gasteiger partial charge in [0, 0.05) is 12.2 Å². The first kappa shape index (κ1) is 11.9. The summed E-state index contributed by atoms with van der Waals surface area (Å²) >= 11 is 5.35. The molecular formula is C10H13ClN4O2. The Morgan fingerprint density at radius 1 is 1.47 bits per heavy atom. The van der Waals surface area contributed by atoms with Crippen molar-refractivity contribution in [2.24, 2.45) is 0 Å². The number of rotatable bonds is 5. The molecule has 17 heavy (non-hydrogen) atoms. The van der Waals surface area contributed by atoms with Gasteiger partial charge in [0.05, 0.1) is 11.9 Å². The van der Waals surface area contributed by atoms with Gasteiger partial charge >= 0.3 is 0 Å². The number of carbonyl (C=O) groups excluding carboxylic acids is 2. The third kappa shape index (κ3) is 3.74. The van der Waals surface area contributed by atoms with E-state index < -0.39 is 0 Å². The summed E-state index contributed by atoms with van der Waals surface area (Å²) in [5.41, 5.74) is 0.537. The molecule has 6 nitrogen and oxygen atoms in total. The van der Waals surface area contributed by atoms with Crippen LogP contribution in [0.4, 0.5) is 5.69 Å². The summed E-state index contributed by atoms with van der Waals surface area (Å²) in [5.74, 6) is -0.465. The molecule has 1 aliphatic rings. The summed E-state index contributed by atoms with van der Waals surface area (Å²) in [7, 11) is 0. The van der Waals surface area contributed by atoms with Gasteiger partial charge in [-0.3, -0.25) is 14.3 Å². The lowest BCUT2D eigenvalue weighted by molar-refractivity contribution is -0.122. The maximum Gasteiger partial charge on any atom is 0.241 e. The summed E-state index contributed by atoms with van der Waals surface area (Å²) in [5, 5.41) is 9.38. The van der Waals surface area contributed by atoms with Crippen molar-refractivity contribution in [1.29, 1.82) is 0 Å². The molecule has 1 heterocycles. The number of hydrogen-bond donors (Lipinski definition) is 2. The van der Waals surface area contributed by atoms with Crippen molar-refractivity contribution < 1.29 is 9.59 Å². The van der Waals surface area contributed by atoms with E-state index in [0.717, 1.165) is 12.8 Å². The predicted molar refractivity (Wildman–Crippen MR) is 62.7 cm³/mol. The number of aromatic nitrogens is 2. The lowest BCUT2D eigenvalue weighted by atomic mass is 10.5. The van der Waals surface area contributed by atoms with Crippen molar-refractivity contribution >= 4 is 29.1 Å². The van der Waals surface area contributed by atoms with Crippen molar-refractivity contribution in [2.75, 3.05) is 11.2 Å². The highest BCUT2D eigenvalue weighted by Gasteiger charge is 2.23. The zero-order valence-corrected chi connectivity index (χ0v) is 9.91. The smallest absolute Gasteiger partial charge is 0.241 e. The number of halogens is 1. The van der Waals surface area contributed by atoms with Crippen molar-refractivity contribution in [2.45, 2.75) is 25.4 Å². The summed E-state index contributed by atoms with van der Waals surface area (Å²) in [6.07, 6.45) is 5.19. The van der Waals surface area contributed by atoms with Crippen molar-refractivity contribution in [3.05, 3.63) is 12.4 Å². The fourth-order valence-corrected chi connectivity index (χ4v) is 1.42. The fourth-order valence-electron chi connectivity index (χ4n) is 1.36. The minimum absolute atomic E-state index is 0.0641. The molecule has 1 fully saturated rings. The Bertz CT molecular complexity index is 428. The van der Waals surface area contributed by atoms with Crippen LogP contribution in [0.1, 0.15) is 12.8 Å². The largest absolute Gasteiger partial charge is 0.352 e. The number of amides is 2. The van der Waals surface area contributed by atoms with E-state index in [1.165, 1.54) is 10.9 Å². The van der Waals surface area contributed by atoms with E-state index in [0.29, 0.717) is 11.7 Å². The van der Waals surface area contributed by atoms with Gasteiger partial charge in [-0.05, 0) is 12.8 Å². The van der Waals surface area contributed by atoms with E-state index in [4.69, 9.17) is 11.6 Å². The van der Waals surface area contributed by atoms with Crippen LogP contribution in [0, 0.1) is 0 Å². The molecule has 0 unspecified atom stereocenters. The molecule has 92 valence electrons. The Hall–Kier alpha value is -1.56. The quantitative estimate of drug-likeness (QED) is 0.746. The van der Waals surface area contributed by atoms with Crippen molar-refractivity contribution in [3.8, 4) is 0 Å². The first-order valence-electron chi connectivity index (χ1n) is 5.35. The summed E-state index contributed by atoms with van der Waals surface area (Å²) < 4.78 is 1.47. The van der Waals surface area contributed by atoms with E-state index in [2.05, 4.69) is 15.7 Å². The van der Waals surface area contributed by atoms with Gasteiger partial charge in [0.15, 0.2) is 0 Å². The van der Waals surface area contributed by atoms with Gasteiger partial charge < -0.3 is 10.6 Å². The minimum atomic E-state index is -0.298. The minimum Gasteiger partial charge on any atom is -0.352 e. The fraction of sp³-hybridized carbons (Fsp3) is 0.500. The Labute approximate surface area is 103 Å². The van der Waals surface area contributed by atoms with Crippen LogP contribution in [0.3, 0.4) is 0 Å². The number of hydrogen-bond acceptors (Lipinski definition) is 3. The van der Waals surface area contributed by atoms with Gasteiger partial charge in [0.2, 0.25) is 11.8 Å². The first-order chi connectivity index (χ1) is 8.17. The molecule has 1 aromatic heterocycles. The molecule has 0 bridgehead atoms. The van der Waals surface area contributed by atoms with Crippen LogP contribution in [-0.2, 0) is 16.1 Å². The highest BCUT2D eigenvalue weighted by atomic mass is 35.5. The lowest BCUT2D eigenvalue weighted by Gasteiger charge is -2.02. The lowest BCUT2D eigenvalue weighted by Crippen LogP contribution is -2.29. The molecule has 0 spiro atoms. The molecule has 2 amide bonds. The molecule has 1 aliphatic carbocycles. The normalized spacial score (nSPS) is 14.4. The Balaban J connectivity index is 1.84. The van der Waals surface area contributed by atoms with Gasteiger partial charge in [0.25, 0.3) is 0 Å². The number of anilines is 1. The Morgan fingerprint density at radius 2 is 2.24 bits per heavy atom. The van der Waals surface area contributed by atoms with Crippen LogP contribution in [0.5, 0.6) is 0 Å². The third-order valence-electron chi connectivity index (χ3n) is 2.29. The second-order valence-electron chi connectivity index (χ2n) is 3.95. The van der Waals surface area contributed by atoms with Crippen LogP contribution >= 0.6 is 11.6 Å². The SMILES string of the molecule is O=C(CCl)Nc1cnn(CC(=O)NC2CC2)c1. The maximum atomic E-state index is 11.5. The van der Waals surface area contributed by atoms with E-state index in [1.807, 2.05) is 0 Å². The van der Waals surface area contributed by atoms with Crippen molar-refractivity contribution in [3.63, 3.8) is 0 Å². The molecule has 1 aromatic rings. The summed E-state index contributed by atoms with van der Waals surface area (Å²) in [6.45, 7) is 0.160. The van der Waals surface area contributed by atoms with Gasteiger partial charge in [-0.25, -0.2) is 0 Å². The van der Waals surface area contributed by atoms with Crippen LogP contribution in [0.2, 0.25) is 0 Å².